The summed E-state index contributed by atoms with van der Waals surface area (Å²) in [5, 5.41) is 3.74. The molecule has 0 aromatic carbocycles. The zero-order chi connectivity index (χ0) is 15.4. The van der Waals surface area contributed by atoms with Gasteiger partial charge in [0.25, 0.3) is 0 Å². The molecule has 22 heavy (non-hydrogen) atoms. The smallest absolute Gasteiger partial charge is 0.128 e. The van der Waals surface area contributed by atoms with Crippen LogP contribution in [0.4, 0.5) is 5.82 Å². The van der Waals surface area contributed by atoms with Crippen molar-refractivity contribution in [3.8, 4) is 0 Å². The lowest BCUT2D eigenvalue weighted by Crippen LogP contribution is -2.58. The van der Waals surface area contributed by atoms with Crippen molar-refractivity contribution in [2.75, 3.05) is 45.3 Å². The number of nitrogens with zero attached hydrogens (tertiary/aromatic N) is 3. The Hall–Kier alpha value is -1.17. The van der Waals surface area contributed by atoms with Gasteiger partial charge in [0, 0.05) is 58.6 Å². The Balaban J connectivity index is 1.54. The number of ether oxygens (including phenoxy) is 1. The van der Waals surface area contributed by atoms with E-state index in [0.717, 1.165) is 25.5 Å². The van der Waals surface area contributed by atoms with Crippen LogP contribution in [0.1, 0.15) is 24.8 Å². The molecule has 0 radical (unpaired) electrons. The summed E-state index contributed by atoms with van der Waals surface area (Å²) in [6.07, 6.45) is 6.07. The highest BCUT2D eigenvalue weighted by Gasteiger charge is 2.29. The number of pyridine rings is 1. The Morgan fingerprint density at radius 2 is 2.09 bits per heavy atom. The number of hydrogen-bond acceptors (Lipinski definition) is 5. The predicted molar refractivity (Wildman–Crippen MR) is 89.2 cm³/mol. The Kier molecular flexibility index (Phi) is 5.28. The molecule has 5 nitrogen and oxygen atoms in total. The Morgan fingerprint density at radius 1 is 1.32 bits per heavy atom. The molecule has 2 atom stereocenters. The molecule has 3 rings (SSSR count). The maximum Gasteiger partial charge on any atom is 0.128 e. The third-order valence-corrected chi connectivity index (χ3v) is 4.77. The fourth-order valence-corrected chi connectivity index (χ4v) is 3.56. The molecule has 0 amide bonds. The summed E-state index contributed by atoms with van der Waals surface area (Å²) in [5.74, 6) is 1.01. The van der Waals surface area contributed by atoms with Crippen molar-refractivity contribution >= 4 is 5.82 Å². The standard InChI is InChI=1S/C17H28N4O/c1-20(8-9-22-2)17-7-6-14(10-18-17)11-21-12-15-4-3-5-16(13-21)19-15/h6-7,10,15-16,19H,3-5,8-9,11-13H2,1-2H3. The van der Waals surface area contributed by atoms with Gasteiger partial charge in [-0.25, -0.2) is 4.98 Å². The SMILES string of the molecule is COCCN(C)c1ccc(CN2CC3CCCC(C2)N3)cn1. The van der Waals surface area contributed by atoms with Crippen molar-refractivity contribution in [1.82, 2.24) is 15.2 Å². The molecule has 2 aliphatic heterocycles. The number of likely N-dealkylation sites (tertiary alicyclic amines) is 1. The molecule has 0 spiro atoms. The number of aromatic nitrogens is 1. The summed E-state index contributed by atoms with van der Waals surface area (Å²) in [6, 6.07) is 5.72. The van der Waals surface area contributed by atoms with E-state index in [-0.39, 0.29) is 0 Å². The number of nitrogens with one attached hydrogen (secondary N) is 1. The number of piperazine rings is 1. The zero-order valence-corrected chi connectivity index (χ0v) is 13.8. The summed E-state index contributed by atoms with van der Waals surface area (Å²) in [6.45, 7) is 4.95. The molecule has 122 valence electrons. The highest BCUT2D eigenvalue weighted by atomic mass is 16.5. The van der Waals surface area contributed by atoms with Crippen LogP contribution < -0.4 is 10.2 Å². The molecule has 3 heterocycles. The van der Waals surface area contributed by atoms with E-state index in [0.29, 0.717) is 12.1 Å². The van der Waals surface area contributed by atoms with E-state index in [9.17, 15) is 0 Å². The van der Waals surface area contributed by atoms with Crippen LogP contribution in [0, 0.1) is 0 Å². The van der Waals surface area contributed by atoms with E-state index in [2.05, 4.69) is 39.3 Å². The Labute approximate surface area is 133 Å². The predicted octanol–water partition coefficient (Wildman–Crippen LogP) is 1.49. The van der Waals surface area contributed by atoms with E-state index in [1.807, 2.05) is 6.20 Å². The second-order valence-corrected chi connectivity index (χ2v) is 6.62. The average molecular weight is 304 g/mol. The van der Waals surface area contributed by atoms with E-state index < -0.39 is 0 Å². The topological polar surface area (TPSA) is 40.6 Å². The van der Waals surface area contributed by atoms with Crippen molar-refractivity contribution in [3.63, 3.8) is 0 Å². The molecule has 2 unspecified atom stereocenters. The maximum absolute atomic E-state index is 5.11. The van der Waals surface area contributed by atoms with Crippen LogP contribution in [-0.2, 0) is 11.3 Å². The van der Waals surface area contributed by atoms with Crippen LogP contribution in [0.15, 0.2) is 18.3 Å². The zero-order valence-electron chi connectivity index (χ0n) is 13.8. The number of anilines is 1. The van der Waals surface area contributed by atoms with Crippen LogP contribution in [0.25, 0.3) is 0 Å². The van der Waals surface area contributed by atoms with Gasteiger partial charge in [0.2, 0.25) is 0 Å². The van der Waals surface area contributed by atoms with Gasteiger partial charge in [-0.1, -0.05) is 12.5 Å². The largest absolute Gasteiger partial charge is 0.383 e. The first kappa shape index (κ1) is 15.7. The first-order valence-electron chi connectivity index (χ1n) is 8.38. The normalized spacial score (nSPS) is 25.2. The van der Waals surface area contributed by atoms with Gasteiger partial charge >= 0.3 is 0 Å². The summed E-state index contributed by atoms with van der Waals surface area (Å²) in [7, 11) is 3.78. The van der Waals surface area contributed by atoms with Crippen LogP contribution in [0.2, 0.25) is 0 Å². The van der Waals surface area contributed by atoms with Crippen molar-refractivity contribution in [3.05, 3.63) is 23.9 Å². The van der Waals surface area contributed by atoms with Crippen molar-refractivity contribution in [2.45, 2.75) is 37.9 Å². The Morgan fingerprint density at radius 3 is 2.73 bits per heavy atom. The summed E-state index contributed by atoms with van der Waals surface area (Å²) in [5.41, 5.74) is 1.31. The molecule has 5 heteroatoms. The van der Waals surface area contributed by atoms with Gasteiger partial charge in [0.05, 0.1) is 6.61 Å². The van der Waals surface area contributed by atoms with Crippen LogP contribution in [0.5, 0.6) is 0 Å². The second kappa shape index (κ2) is 7.40. The van der Waals surface area contributed by atoms with Gasteiger partial charge in [-0.05, 0) is 24.5 Å². The summed E-state index contributed by atoms with van der Waals surface area (Å²) >= 11 is 0. The van der Waals surface area contributed by atoms with Gasteiger partial charge in [0.1, 0.15) is 5.82 Å². The molecule has 1 aromatic rings. The number of methoxy groups -OCH3 is 1. The maximum atomic E-state index is 5.11. The molecule has 0 saturated carbocycles. The molecule has 0 aliphatic carbocycles. The van der Waals surface area contributed by atoms with E-state index in [1.165, 1.54) is 37.9 Å². The first-order chi connectivity index (χ1) is 10.7. The number of rotatable bonds is 6. The molecule has 2 bridgehead atoms. The Bertz CT molecular complexity index is 452. The van der Waals surface area contributed by atoms with Crippen molar-refractivity contribution in [1.29, 1.82) is 0 Å². The molecule has 1 aromatic heterocycles. The number of fused-ring (bicyclic) bond motifs is 2. The van der Waals surface area contributed by atoms with Crippen molar-refractivity contribution < 1.29 is 4.74 Å². The quantitative estimate of drug-likeness (QED) is 0.862. The van der Waals surface area contributed by atoms with Crippen molar-refractivity contribution in [2.24, 2.45) is 0 Å². The fraction of sp³-hybridized carbons (Fsp3) is 0.706. The molecular weight excluding hydrogens is 276 g/mol. The van der Waals surface area contributed by atoms with Gasteiger partial charge in [-0.3, -0.25) is 4.90 Å². The number of likely N-dealkylation sites (N-methyl/N-ethyl adjacent to an activating group) is 1. The molecular formula is C17H28N4O. The number of piperidine rings is 1. The van der Waals surface area contributed by atoms with Gasteiger partial charge < -0.3 is 15.0 Å². The lowest BCUT2D eigenvalue weighted by molar-refractivity contribution is 0.119. The molecule has 2 saturated heterocycles. The summed E-state index contributed by atoms with van der Waals surface area (Å²) < 4.78 is 5.11. The lowest BCUT2D eigenvalue weighted by Gasteiger charge is -2.42. The van der Waals surface area contributed by atoms with E-state index in [1.54, 1.807) is 7.11 Å². The fourth-order valence-electron chi connectivity index (χ4n) is 3.56. The molecule has 2 aliphatic rings. The number of hydrogen-bond donors (Lipinski definition) is 1. The monoisotopic (exact) mass is 304 g/mol. The van der Waals surface area contributed by atoms with Gasteiger partial charge in [-0.2, -0.15) is 0 Å². The van der Waals surface area contributed by atoms with Crippen LogP contribution in [-0.4, -0.2) is 62.4 Å². The van der Waals surface area contributed by atoms with Crippen LogP contribution in [0.3, 0.4) is 0 Å². The third-order valence-electron chi connectivity index (χ3n) is 4.77. The minimum atomic E-state index is 0.694. The minimum Gasteiger partial charge on any atom is -0.383 e. The van der Waals surface area contributed by atoms with Crippen LogP contribution >= 0.6 is 0 Å². The van der Waals surface area contributed by atoms with Gasteiger partial charge in [0.15, 0.2) is 0 Å². The van der Waals surface area contributed by atoms with E-state index in [4.69, 9.17) is 4.74 Å². The highest BCUT2D eigenvalue weighted by Crippen LogP contribution is 2.21. The second-order valence-electron chi connectivity index (χ2n) is 6.62. The minimum absolute atomic E-state index is 0.694. The lowest BCUT2D eigenvalue weighted by atomic mass is 9.94. The highest BCUT2D eigenvalue weighted by molar-refractivity contribution is 5.38. The average Bonchev–Trinajstić information content (AvgIpc) is 2.53. The molecule has 2 fully saturated rings. The first-order valence-corrected chi connectivity index (χ1v) is 8.38. The van der Waals surface area contributed by atoms with E-state index >= 15 is 0 Å². The molecule has 1 N–H and O–H groups in total. The summed E-state index contributed by atoms with van der Waals surface area (Å²) in [4.78, 5) is 9.30. The third kappa shape index (κ3) is 3.97. The van der Waals surface area contributed by atoms with Gasteiger partial charge in [-0.15, -0.1) is 0 Å².